The van der Waals surface area contributed by atoms with E-state index in [1.54, 1.807) is 6.92 Å². The number of nitrogens with zero attached hydrogens (tertiary/aromatic N) is 4. The number of amides is 1. The average molecular weight is 238 g/mol. The maximum Gasteiger partial charge on any atom is 0.318 e. The van der Waals surface area contributed by atoms with Crippen LogP contribution in [0, 0.1) is 6.92 Å². The summed E-state index contributed by atoms with van der Waals surface area (Å²) in [7, 11) is 0. The molecule has 0 unspecified atom stereocenters. The number of carbonyl (C=O) groups is 1. The van der Waals surface area contributed by atoms with Gasteiger partial charge >= 0.3 is 6.01 Å². The van der Waals surface area contributed by atoms with Gasteiger partial charge in [-0.2, -0.15) is 0 Å². The lowest BCUT2D eigenvalue weighted by Gasteiger charge is -2.33. The Morgan fingerprint density at radius 3 is 2.53 bits per heavy atom. The van der Waals surface area contributed by atoms with Crippen LogP contribution < -0.4 is 4.90 Å². The number of aromatic nitrogens is 2. The van der Waals surface area contributed by atoms with Crippen molar-refractivity contribution in [3.63, 3.8) is 0 Å². The second-order valence-electron chi connectivity index (χ2n) is 4.22. The maximum absolute atomic E-state index is 11.7. The minimum absolute atomic E-state index is 0.244. The number of hydrogen-bond acceptors (Lipinski definition) is 5. The van der Waals surface area contributed by atoms with Gasteiger partial charge in [-0.1, -0.05) is 12.0 Å². The third-order valence-electron chi connectivity index (χ3n) is 2.88. The van der Waals surface area contributed by atoms with E-state index < -0.39 is 0 Å². The average Bonchev–Trinajstić information content (AvgIpc) is 2.76. The van der Waals surface area contributed by atoms with Gasteiger partial charge < -0.3 is 14.2 Å². The highest BCUT2D eigenvalue weighted by Crippen LogP contribution is 2.14. The Morgan fingerprint density at radius 1 is 1.29 bits per heavy atom. The van der Waals surface area contributed by atoms with E-state index in [9.17, 15) is 4.79 Å². The van der Waals surface area contributed by atoms with Crippen molar-refractivity contribution < 1.29 is 9.21 Å². The number of carbonyl (C=O) groups excluding carboxylic acids is 1. The number of piperazine rings is 1. The van der Waals surface area contributed by atoms with E-state index >= 15 is 0 Å². The second-order valence-corrected chi connectivity index (χ2v) is 4.22. The number of anilines is 1. The van der Waals surface area contributed by atoms with Crippen molar-refractivity contribution in [2.45, 2.75) is 26.7 Å². The lowest BCUT2D eigenvalue weighted by atomic mass is 10.2. The van der Waals surface area contributed by atoms with Gasteiger partial charge in [-0.25, -0.2) is 0 Å². The largest absolute Gasteiger partial charge is 0.408 e. The van der Waals surface area contributed by atoms with E-state index in [0.29, 0.717) is 18.3 Å². The highest BCUT2D eigenvalue weighted by Gasteiger charge is 2.23. The van der Waals surface area contributed by atoms with Gasteiger partial charge in [0, 0.05) is 39.5 Å². The minimum Gasteiger partial charge on any atom is -0.408 e. The lowest BCUT2D eigenvalue weighted by molar-refractivity contribution is -0.131. The molecule has 1 amide bonds. The molecule has 6 heteroatoms. The molecule has 1 saturated heterocycles. The molecule has 2 rings (SSSR count). The predicted molar refractivity (Wildman–Crippen MR) is 62.7 cm³/mol. The molecule has 0 radical (unpaired) electrons. The first-order valence-electron chi connectivity index (χ1n) is 6.03. The number of hydrogen-bond donors (Lipinski definition) is 0. The fourth-order valence-corrected chi connectivity index (χ4v) is 1.93. The topological polar surface area (TPSA) is 62.5 Å². The van der Waals surface area contributed by atoms with Crippen LogP contribution in [0.15, 0.2) is 4.42 Å². The monoisotopic (exact) mass is 238 g/mol. The molecule has 0 N–H and O–H groups in total. The van der Waals surface area contributed by atoms with Crippen LogP contribution in [-0.4, -0.2) is 47.2 Å². The second kappa shape index (κ2) is 5.16. The van der Waals surface area contributed by atoms with Crippen molar-refractivity contribution in [3.8, 4) is 0 Å². The van der Waals surface area contributed by atoms with Crippen LogP contribution in [0.3, 0.4) is 0 Å². The summed E-state index contributed by atoms with van der Waals surface area (Å²) < 4.78 is 5.37. The first-order valence-corrected chi connectivity index (χ1v) is 6.03. The van der Waals surface area contributed by atoms with Gasteiger partial charge in [0.15, 0.2) is 0 Å². The van der Waals surface area contributed by atoms with Crippen LogP contribution in [0.25, 0.3) is 0 Å². The smallest absolute Gasteiger partial charge is 0.318 e. The Labute approximate surface area is 101 Å². The fraction of sp³-hybridized carbons (Fsp3) is 0.727. The zero-order valence-electron chi connectivity index (χ0n) is 10.3. The minimum atomic E-state index is 0.244. The summed E-state index contributed by atoms with van der Waals surface area (Å²) in [6.45, 7) is 6.79. The molecular weight excluding hydrogens is 220 g/mol. The van der Waals surface area contributed by atoms with E-state index in [1.807, 2.05) is 16.7 Å². The quantitative estimate of drug-likeness (QED) is 0.780. The number of rotatable bonds is 3. The van der Waals surface area contributed by atoms with Crippen molar-refractivity contribution in [2.75, 3.05) is 31.1 Å². The van der Waals surface area contributed by atoms with Crippen LogP contribution in [0.5, 0.6) is 0 Å². The van der Waals surface area contributed by atoms with E-state index in [2.05, 4.69) is 10.2 Å². The highest BCUT2D eigenvalue weighted by atomic mass is 16.4. The molecule has 0 saturated carbocycles. The first kappa shape index (κ1) is 11.9. The molecule has 1 fully saturated rings. The van der Waals surface area contributed by atoms with Gasteiger partial charge in [0.05, 0.1) is 0 Å². The SMILES string of the molecule is CCCC(=O)N1CCN(c2nnc(C)o2)CC1. The van der Waals surface area contributed by atoms with Gasteiger partial charge in [-0.05, 0) is 6.42 Å². The van der Waals surface area contributed by atoms with Gasteiger partial charge in [-0.3, -0.25) is 4.79 Å². The first-order chi connectivity index (χ1) is 8.20. The Hall–Kier alpha value is -1.59. The molecule has 1 aliphatic rings. The van der Waals surface area contributed by atoms with Crippen molar-refractivity contribution in [1.82, 2.24) is 15.1 Å². The molecule has 0 bridgehead atoms. The molecule has 94 valence electrons. The Balaban J connectivity index is 1.88. The molecular formula is C11H18N4O2. The standard InChI is InChI=1S/C11H18N4O2/c1-3-4-10(16)14-5-7-15(8-6-14)11-13-12-9(2)17-11/h3-8H2,1-2H3. The zero-order chi connectivity index (χ0) is 12.3. The van der Waals surface area contributed by atoms with Gasteiger partial charge in [0.2, 0.25) is 11.8 Å². The molecule has 1 aromatic rings. The third-order valence-corrected chi connectivity index (χ3v) is 2.88. The van der Waals surface area contributed by atoms with Crippen LogP contribution in [-0.2, 0) is 4.79 Å². The fourth-order valence-electron chi connectivity index (χ4n) is 1.93. The van der Waals surface area contributed by atoms with Crippen molar-refractivity contribution in [1.29, 1.82) is 0 Å². The van der Waals surface area contributed by atoms with Crippen LogP contribution in [0.4, 0.5) is 6.01 Å². The van der Waals surface area contributed by atoms with Gasteiger partial charge in [-0.15, -0.1) is 5.10 Å². The molecule has 1 aromatic heterocycles. The van der Waals surface area contributed by atoms with E-state index in [-0.39, 0.29) is 5.91 Å². The number of aryl methyl sites for hydroxylation is 1. The van der Waals surface area contributed by atoms with Crippen molar-refractivity contribution in [2.24, 2.45) is 0 Å². The van der Waals surface area contributed by atoms with Crippen LogP contribution in [0.1, 0.15) is 25.7 Å². The highest BCUT2D eigenvalue weighted by molar-refractivity contribution is 5.76. The summed E-state index contributed by atoms with van der Waals surface area (Å²) in [6.07, 6.45) is 1.54. The Bertz CT molecular complexity index is 383. The normalized spacial score (nSPS) is 16.4. The summed E-state index contributed by atoms with van der Waals surface area (Å²) in [5.41, 5.74) is 0. The molecule has 2 heterocycles. The Kier molecular flexibility index (Phi) is 3.61. The molecule has 0 aliphatic carbocycles. The maximum atomic E-state index is 11.7. The molecule has 0 spiro atoms. The molecule has 6 nitrogen and oxygen atoms in total. The summed E-state index contributed by atoms with van der Waals surface area (Å²) in [4.78, 5) is 15.6. The molecule has 17 heavy (non-hydrogen) atoms. The summed E-state index contributed by atoms with van der Waals surface area (Å²) in [5.74, 6) is 0.818. The van der Waals surface area contributed by atoms with Gasteiger partial charge in [0.1, 0.15) is 0 Å². The lowest BCUT2D eigenvalue weighted by Crippen LogP contribution is -2.48. The van der Waals surface area contributed by atoms with E-state index in [0.717, 1.165) is 32.6 Å². The van der Waals surface area contributed by atoms with Gasteiger partial charge in [0.25, 0.3) is 0 Å². The van der Waals surface area contributed by atoms with Crippen LogP contribution in [0.2, 0.25) is 0 Å². The third kappa shape index (κ3) is 2.75. The summed E-state index contributed by atoms with van der Waals surface area (Å²) >= 11 is 0. The van der Waals surface area contributed by atoms with Crippen molar-refractivity contribution >= 4 is 11.9 Å². The Morgan fingerprint density at radius 2 is 2.00 bits per heavy atom. The van der Waals surface area contributed by atoms with E-state index in [1.165, 1.54) is 0 Å². The molecule has 0 atom stereocenters. The van der Waals surface area contributed by atoms with E-state index in [4.69, 9.17) is 4.42 Å². The zero-order valence-corrected chi connectivity index (χ0v) is 10.3. The summed E-state index contributed by atoms with van der Waals surface area (Å²) in [5, 5.41) is 7.79. The van der Waals surface area contributed by atoms with Crippen LogP contribution >= 0.6 is 0 Å². The predicted octanol–water partition coefficient (Wildman–Crippen LogP) is 0.827. The summed E-state index contributed by atoms with van der Waals surface area (Å²) in [6, 6.07) is 0.560. The molecule has 0 aromatic carbocycles. The van der Waals surface area contributed by atoms with Crippen molar-refractivity contribution in [3.05, 3.63) is 5.89 Å². The molecule has 1 aliphatic heterocycles.